The molecule has 0 fully saturated rings. The molecule has 4 rings (SSSR count). The Hall–Kier alpha value is -3.32. The summed E-state index contributed by atoms with van der Waals surface area (Å²) in [6.45, 7) is 6.18. The van der Waals surface area contributed by atoms with E-state index in [0.29, 0.717) is 0 Å². The molecule has 31 heavy (non-hydrogen) atoms. The number of hydrogen-bond donors (Lipinski definition) is 1. The number of H-pyrrole nitrogens is 1. The third kappa shape index (κ3) is 4.14. The van der Waals surface area contributed by atoms with E-state index >= 15 is 0 Å². The van der Waals surface area contributed by atoms with Crippen LogP contribution in [0.2, 0.25) is 0 Å². The summed E-state index contributed by atoms with van der Waals surface area (Å²) in [5.41, 5.74) is 5.08. The van der Waals surface area contributed by atoms with E-state index in [-0.39, 0.29) is 6.04 Å². The summed E-state index contributed by atoms with van der Waals surface area (Å²) in [5, 5.41) is 8.07. The molecule has 0 atom stereocenters. The Kier molecular flexibility index (Phi) is 5.95. The van der Waals surface area contributed by atoms with E-state index < -0.39 is 0 Å². The molecule has 2 aromatic carbocycles. The van der Waals surface area contributed by atoms with Crippen molar-refractivity contribution >= 4 is 28.5 Å². The molecule has 0 unspecified atom stereocenters. The van der Waals surface area contributed by atoms with Crippen molar-refractivity contribution in [1.82, 2.24) is 9.66 Å². The number of para-hydroxylation sites is 1. The lowest BCUT2D eigenvalue weighted by Crippen LogP contribution is -2.14. The highest BCUT2D eigenvalue weighted by Gasteiger charge is 2.14. The minimum atomic E-state index is 0.153. The molecule has 0 aliphatic heterocycles. The lowest BCUT2D eigenvalue weighted by atomic mass is 10.1. The molecule has 0 amide bonds. The average Bonchev–Trinajstić information content (AvgIpc) is 3.30. The fourth-order valence-electron chi connectivity index (χ4n) is 3.50. The number of nitrogens with zero attached hydrogens (tertiary/aromatic N) is 3. The highest BCUT2D eigenvalue weighted by molar-refractivity contribution is 7.07. The molecule has 0 saturated carbocycles. The van der Waals surface area contributed by atoms with Crippen LogP contribution in [0.4, 0.5) is 0 Å². The molecule has 160 valence electrons. The molecule has 0 aliphatic rings. The van der Waals surface area contributed by atoms with Crippen molar-refractivity contribution in [1.29, 1.82) is 0 Å². The van der Waals surface area contributed by atoms with Crippen molar-refractivity contribution in [2.45, 2.75) is 26.8 Å². The van der Waals surface area contributed by atoms with Gasteiger partial charge in [0.25, 0.3) is 0 Å². The number of rotatable bonds is 6. The van der Waals surface area contributed by atoms with E-state index in [1.807, 2.05) is 41.2 Å². The zero-order valence-electron chi connectivity index (χ0n) is 18.3. The minimum absolute atomic E-state index is 0.153. The number of fused-ring (bicyclic) bond motifs is 1. The first-order valence-electron chi connectivity index (χ1n) is 10.1. The Morgan fingerprint density at radius 3 is 2.65 bits per heavy atom. The predicted octanol–water partition coefficient (Wildman–Crippen LogP) is 5.21. The van der Waals surface area contributed by atoms with E-state index in [1.54, 1.807) is 25.6 Å². The Labute approximate surface area is 185 Å². The first-order chi connectivity index (χ1) is 15.0. The van der Waals surface area contributed by atoms with Gasteiger partial charge in [0, 0.05) is 45.2 Å². The van der Waals surface area contributed by atoms with Crippen LogP contribution in [0.1, 0.15) is 25.1 Å². The number of aryl methyl sites for hydroxylation is 1. The van der Waals surface area contributed by atoms with Gasteiger partial charge in [-0.15, -0.1) is 11.3 Å². The summed E-state index contributed by atoms with van der Waals surface area (Å²) in [7, 11) is 3.31. The fraction of sp³-hybridized carbons (Fsp3) is 0.250. The van der Waals surface area contributed by atoms with Crippen molar-refractivity contribution in [3.05, 3.63) is 63.9 Å². The summed E-state index contributed by atoms with van der Waals surface area (Å²) in [6.07, 6.45) is 1.90. The quantitative estimate of drug-likeness (QED) is 0.423. The van der Waals surface area contributed by atoms with E-state index in [0.717, 1.165) is 49.7 Å². The van der Waals surface area contributed by atoms with E-state index in [1.165, 1.54) is 0 Å². The van der Waals surface area contributed by atoms with Gasteiger partial charge in [0.05, 0.1) is 26.1 Å². The number of thiazole rings is 1. The number of benzene rings is 2. The minimum Gasteiger partial charge on any atom is -0.497 e. The molecular formula is C24H26N4O2S. The molecule has 6 nitrogen and oxygen atoms in total. The maximum absolute atomic E-state index is 5.64. The van der Waals surface area contributed by atoms with Crippen LogP contribution in [0.3, 0.4) is 0 Å². The second-order valence-electron chi connectivity index (χ2n) is 7.46. The Bertz CT molecular complexity index is 1310. The van der Waals surface area contributed by atoms with Crippen molar-refractivity contribution in [2.24, 2.45) is 10.1 Å². The zero-order chi connectivity index (χ0) is 22.0. The normalized spacial score (nSPS) is 12.4. The molecule has 1 N–H and O–H groups in total. The van der Waals surface area contributed by atoms with Gasteiger partial charge in [-0.3, -0.25) is 4.99 Å². The monoisotopic (exact) mass is 434 g/mol. The number of ether oxygens (including phenoxy) is 2. The summed E-state index contributed by atoms with van der Waals surface area (Å²) in [4.78, 5) is 9.03. The first-order valence-corrected chi connectivity index (χ1v) is 11.0. The molecule has 2 aromatic heterocycles. The molecule has 0 spiro atoms. The molecule has 7 heteroatoms. The number of aromatic amines is 1. The summed E-state index contributed by atoms with van der Waals surface area (Å²) >= 11 is 1.56. The van der Waals surface area contributed by atoms with Crippen LogP contribution in [-0.2, 0) is 0 Å². The topological polar surface area (TPSA) is 63.9 Å². The van der Waals surface area contributed by atoms with Gasteiger partial charge >= 0.3 is 0 Å². The maximum atomic E-state index is 5.64. The number of methoxy groups -OCH3 is 2. The van der Waals surface area contributed by atoms with Gasteiger partial charge < -0.3 is 14.5 Å². The Morgan fingerprint density at radius 2 is 1.90 bits per heavy atom. The van der Waals surface area contributed by atoms with Gasteiger partial charge in [0.2, 0.25) is 4.80 Å². The van der Waals surface area contributed by atoms with E-state index in [9.17, 15) is 0 Å². The van der Waals surface area contributed by atoms with Crippen LogP contribution in [-0.4, -0.2) is 36.1 Å². The second-order valence-corrected chi connectivity index (χ2v) is 8.29. The van der Waals surface area contributed by atoms with E-state index in [2.05, 4.69) is 43.3 Å². The smallest absolute Gasteiger partial charge is 0.206 e. The van der Waals surface area contributed by atoms with Gasteiger partial charge in [0.1, 0.15) is 11.5 Å². The maximum Gasteiger partial charge on any atom is 0.206 e. The van der Waals surface area contributed by atoms with E-state index in [4.69, 9.17) is 19.6 Å². The second kappa shape index (κ2) is 8.81. The fourth-order valence-corrected chi connectivity index (χ4v) is 4.46. The molecule has 0 bridgehead atoms. The van der Waals surface area contributed by atoms with Crippen LogP contribution >= 0.6 is 11.3 Å². The van der Waals surface area contributed by atoms with Crippen LogP contribution in [0.5, 0.6) is 11.5 Å². The van der Waals surface area contributed by atoms with Crippen molar-refractivity contribution in [3.63, 3.8) is 0 Å². The number of hydrogen-bond acceptors (Lipinski definition) is 5. The summed E-state index contributed by atoms with van der Waals surface area (Å²) in [6, 6.07) is 14.2. The van der Waals surface area contributed by atoms with Crippen molar-refractivity contribution < 1.29 is 9.47 Å². The first kappa shape index (κ1) is 20.9. The molecule has 0 radical (unpaired) electrons. The third-order valence-electron chi connectivity index (χ3n) is 4.98. The zero-order valence-corrected chi connectivity index (χ0v) is 19.2. The SMILES string of the molecule is COc1ccc(-c2csc(=NC(C)C)n2N=Cc2c(C)[nH]c3ccccc23)c(OC)c1. The average molecular weight is 435 g/mol. The highest BCUT2D eigenvalue weighted by Crippen LogP contribution is 2.33. The van der Waals surface area contributed by atoms with Crippen LogP contribution in [0, 0.1) is 6.92 Å². The molecular weight excluding hydrogens is 408 g/mol. The Morgan fingerprint density at radius 1 is 1.10 bits per heavy atom. The third-order valence-corrected chi connectivity index (χ3v) is 5.81. The predicted molar refractivity (Wildman–Crippen MR) is 128 cm³/mol. The lowest BCUT2D eigenvalue weighted by Gasteiger charge is -2.11. The molecule has 4 aromatic rings. The van der Waals surface area contributed by atoms with Crippen LogP contribution in [0.25, 0.3) is 22.2 Å². The highest BCUT2D eigenvalue weighted by atomic mass is 32.1. The molecule has 0 aliphatic carbocycles. The largest absolute Gasteiger partial charge is 0.497 e. The van der Waals surface area contributed by atoms with Gasteiger partial charge in [-0.05, 0) is 39.0 Å². The molecule has 2 heterocycles. The van der Waals surface area contributed by atoms with Gasteiger partial charge in [-0.2, -0.15) is 5.10 Å². The number of nitrogens with one attached hydrogen (secondary N) is 1. The molecule has 0 saturated heterocycles. The lowest BCUT2D eigenvalue weighted by molar-refractivity contribution is 0.395. The van der Waals surface area contributed by atoms with Crippen molar-refractivity contribution in [2.75, 3.05) is 14.2 Å². The van der Waals surface area contributed by atoms with Crippen LogP contribution < -0.4 is 14.3 Å². The van der Waals surface area contributed by atoms with Gasteiger partial charge in [-0.1, -0.05) is 18.2 Å². The Balaban J connectivity index is 1.88. The van der Waals surface area contributed by atoms with Crippen LogP contribution in [0.15, 0.2) is 57.9 Å². The van der Waals surface area contributed by atoms with Crippen molar-refractivity contribution in [3.8, 4) is 22.8 Å². The standard InChI is InChI=1S/C24H26N4O2S/c1-15(2)26-24-28(25-13-20-16(3)27-21-9-7-6-8-18(20)21)22(14-31-24)19-11-10-17(29-4)12-23(19)30-5/h6-15,27H,1-5H3. The van der Waals surface area contributed by atoms with Gasteiger partial charge in [0.15, 0.2) is 0 Å². The summed E-state index contributed by atoms with van der Waals surface area (Å²) in [5.74, 6) is 1.47. The van der Waals surface area contributed by atoms with Gasteiger partial charge in [-0.25, -0.2) is 4.68 Å². The number of aromatic nitrogens is 2. The summed E-state index contributed by atoms with van der Waals surface area (Å²) < 4.78 is 12.9.